The van der Waals surface area contributed by atoms with E-state index in [9.17, 15) is 29.4 Å². The van der Waals surface area contributed by atoms with Crippen molar-refractivity contribution in [2.75, 3.05) is 27.9 Å². The number of aliphatic hydroxyl groups is 2. The van der Waals surface area contributed by atoms with E-state index < -0.39 is 96.8 Å². The van der Waals surface area contributed by atoms with E-state index in [0.29, 0.717) is 63.4 Å². The maximum atomic E-state index is 14.6. The van der Waals surface area contributed by atoms with Gasteiger partial charge in [0.25, 0.3) is 11.7 Å². The molecule has 2 N–H and O–H groups in total. The number of ketones is 2. The molecule has 2 saturated heterocycles. The van der Waals surface area contributed by atoms with Gasteiger partial charge in [0.15, 0.2) is 0 Å². The van der Waals surface area contributed by atoms with Crippen molar-refractivity contribution in [1.82, 2.24) is 25.1 Å². The van der Waals surface area contributed by atoms with Gasteiger partial charge in [0.2, 0.25) is 5.79 Å². The Labute approximate surface area is 414 Å². The standard InChI is InChI=1S/C53H81N5O11/c1-32-17-13-12-14-18-33(2)45(65-9)29-41-22-20-38(7)53(64,69-41)50(61)51(62)57-24-16-15-19-43(57)52(63)68-46(36(5)27-40-21-23-42(47(28-40)66-10)58-31-54-55-56-58)30-44(59)35(4)26-37(6)48(60)49(67-11)39(8)34(3)25-32/h12-14,17-18,26,31-32,34-36,38,40-43,45-49,60,64H,8,15-16,19-25,27-30H2,1-7,9-11H3/b14-12+,17-13+,33-18+,37-26+/t32-,34-,35-,36-,38-,40+,41+,42+,43+,45+,46+,47-,48-,49+,53-/m1/s1/i4D3. The molecule has 1 saturated carbocycles. The number of nitrogens with zero attached hydrogens (tertiary/aromatic N) is 5. The number of carbonyl (C=O) groups is 4. The van der Waals surface area contributed by atoms with Crippen LogP contribution in [0.5, 0.6) is 0 Å². The van der Waals surface area contributed by atoms with Crippen LogP contribution < -0.4 is 0 Å². The molecule has 15 atom stereocenters. The summed E-state index contributed by atoms with van der Waals surface area (Å²) in [6, 6.07) is -1.35. The van der Waals surface area contributed by atoms with Crippen molar-refractivity contribution < 1.29 is 57.2 Å². The molecule has 0 spiro atoms. The number of hydrogen-bond donors (Lipinski definition) is 2. The minimum absolute atomic E-state index is 0.0267. The third kappa shape index (κ3) is 14.2. The molecule has 16 nitrogen and oxygen atoms in total. The molecule has 4 aliphatic rings. The van der Waals surface area contributed by atoms with Crippen LogP contribution in [0.1, 0.15) is 136 Å². The fourth-order valence-corrected chi connectivity index (χ4v) is 10.7. The van der Waals surface area contributed by atoms with Crippen molar-refractivity contribution >= 4 is 23.4 Å². The molecule has 1 amide bonds. The molecular weight excluding hydrogens is 883 g/mol. The summed E-state index contributed by atoms with van der Waals surface area (Å²) in [5, 5.41) is 35.4. The van der Waals surface area contributed by atoms with Crippen molar-refractivity contribution in [3.8, 4) is 0 Å². The van der Waals surface area contributed by atoms with Gasteiger partial charge in [-0.3, -0.25) is 14.4 Å². The highest BCUT2D eigenvalue weighted by molar-refractivity contribution is 6.39. The van der Waals surface area contributed by atoms with Gasteiger partial charge in [-0.2, -0.15) is 0 Å². The van der Waals surface area contributed by atoms with Crippen molar-refractivity contribution in [3.05, 3.63) is 66.1 Å². The fourth-order valence-electron chi connectivity index (χ4n) is 10.7. The van der Waals surface area contributed by atoms with Gasteiger partial charge in [-0.15, -0.1) is 5.10 Å². The Morgan fingerprint density at radius 1 is 0.957 bits per heavy atom. The Morgan fingerprint density at radius 3 is 2.41 bits per heavy atom. The van der Waals surface area contributed by atoms with E-state index in [1.165, 1.54) is 13.2 Å². The molecule has 69 heavy (non-hydrogen) atoms. The number of ether oxygens (including phenoxy) is 5. The molecule has 16 heteroatoms. The molecule has 0 radical (unpaired) electrons. The molecule has 5 rings (SSSR count). The normalized spacial score (nSPS) is 39.6. The second kappa shape index (κ2) is 25.8. The Kier molecular flexibility index (Phi) is 19.1. The van der Waals surface area contributed by atoms with Crippen molar-refractivity contribution in [3.63, 3.8) is 0 Å². The monoisotopic (exact) mass is 967 g/mol. The second-order valence-corrected chi connectivity index (χ2v) is 20.2. The zero-order valence-electron chi connectivity index (χ0n) is 45.3. The lowest BCUT2D eigenvalue weighted by Crippen LogP contribution is -2.61. The van der Waals surface area contributed by atoms with Crippen LogP contribution in [0.4, 0.5) is 0 Å². The molecule has 4 heterocycles. The summed E-state index contributed by atoms with van der Waals surface area (Å²) in [6.07, 6.45) is 12.8. The molecule has 1 aliphatic carbocycles. The molecule has 384 valence electrons. The predicted molar refractivity (Wildman–Crippen MR) is 260 cm³/mol. The lowest BCUT2D eigenvalue weighted by Gasteiger charge is -2.42. The van der Waals surface area contributed by atoms with Crippen LogP contribution in [0.3, 0.4) is 0 Å². The third-order valence-corrected chi connectivity index (χ3v) is 15.2. The Hall–Kier alpha value is -4.19. The number of methoxy groups -OCH3 is 3. The number of rotatable bonds is 7. The molecule has 3 aliphatic heterocycles. The first-order valence-electron chi connectivity index (χ1n) is 26.4. The van der Waals surface area contributed by atoms with E-state index in [1.54, 1.807) is 39.1 Å². The average Bonchev–Trinajstić information content (AvgIpc) is 3.89. The van der Waals surface area contributed by atoms with Gasteiger partial charge in [0.05, 0.1) is 24.4 Å². The van der Waals surface area contributed by atoms with Gasteiger partial charge < -0.3 is 38.8 Å². The van der Waals surface area contributed by atoms with E-state index in [2.05, 4.69) is 35.1 Å². The second-order valence-electron chi connectivity index (χ2n) is 20.2. The smallest absolute Gasteiger partial charge is 0.329 e. The Balaban J connectivity index is 1.52. The number of cyclic esters (lactones) is 1. The van der Waals surface area contributed by atoms with Gasteiger partial charge in [0.1, 0.15) is 36.5 Å². The molecule has 2 bridgehead atoms. The Bertz CT molecular complexity index is 2130. The topological polar surface area (TPSA) is 202 Å². The maximum Gasteiger partial charge on any atom is 0.329 e. The highest BCUT2D eigenvalue weighted by Crippen LogP contribution is 2.39. The summed E-state index contributed by atoms with van der Waals surface area (Å²) in [6.45, 7) is 12.5. The van der Waals surface area contributed by atoms with Gasteiger partial charge >= 0.3 is 5.97 Å². The zero-order chi connectivity index (χ0) is 53.1. The first-order chi connectivity index (χ1) is 34.0. The van der Waals surface area contributed by atoms with Crippen molar-refractivity contribution in [2.45, 2.75) is 180 Å². The van der Waals surface area contributed by atoms with Gasteiger partial charge in [-0.05, 0) is 129 Å². The molecular formula is C53H81N5O11. The van der Waals surface area contributed by atoms with Crippen LogP contribution in [-0.4, -0.2) is 135 Å². The number of fused-ring (bicyclic) bond motifs is 3. The van der Waals surface area contributed by atoms with E-state index in [-0.39, 0.29) is 48.4 Å². The highest BCUT2D eigenvalue weighted by atomic mass is 16.6. The van der Waals surface area contributed by atoms with E-state index >= 15 is 0 Å². The first-order valence-corrected chi connectivity index (χ1v) is 24.9. The van der Waals surface area contributed by atoms with Crippen molar-refractivity contribution in [2.24, 2.45) is 35.5 Å². The number of allylic oxidation sites excluding steroid dienone is 6. The Morgan fingerprint density at radius 2 is 1.72 bits per heavy atom. The summed E-state index contributed by atoms with van der Waals surface area (Å²) in [7, 11) is 4.64. The lowest BCUT2D eigenvalue weighted by atomic mass is 9.77. The molecule has 1 aromatic rings. The number of esters is 1. The minimum atomic E-state index is -2.86. The van der Waals surface area contributed by atoms with E-state index in [1.807, 2.05) is 45.1 Å². The van der Waals surface area contributed by atoms with Gasteiger partial charge in [-0.1, -0.05) is 77.6 Å². The van der Waals surface area contributed by atoms with Crippen LogP contribution in [0.2, 0.25) is 0 Å². The minimum Gasteiger partial charge on any atom is -0.460 e. The number of amides is 1. The number of piperidine rings is 1. The number of aromatic nitrogens is 4. The van der Waals surface area contributed by atoms with Crippen LogP contribution in [0.25, 0.3) is 0 Å². The van der Waals surface area contributed by atoms with Gasteiger partial charge in [-0.25, -0.2) is 9.48 Å². The summed E-state index contributed by atoms with van der Waals surface area (Å²) >= 11 is 0. The predicted octanol–water partition coefficient (Wildman–Crippen LogP) is 7.03. The average molecular weight is 967 g/mol. The van der Waals surface area contributed by atoms with Crippen LogP contribution in [0, 0.1) is 35.5 Å². The number of aliphatic hydroxyl groups excluding tert-OH is 1. The molecule has 3 fully saturated rings. The number of tetrazole rings is 1. The number of Topliss-reactive ketones (excluding diaryl/α,β-unsaturated/α-hetero) is 2. The lowest BCUT2D eigenvalue weighted by molar-refractivity contribution is -0.265. The zero-order valence-corrected chi connectivity index (χ0v) is 42.3. The maximum absolute atomic E-state index is 14.6. The fraction of sp³-hybridized carbons (Fsp3) is 0.717. The van der Waals surface area contributed by atoms with Crippen LogP contribution >= 0.6 is 0 Å². The molecule has 0 aromatic carbocycles. The third-order valence-electron chi connectivity index (χ3n) is 15.2. The van der Waals surface area contributed by atoms with Gasteiger partial charge in [0, 0.05) is 56.7 Å². The number of hydrogen-bond acceptors (Lipinski definition) is 14. The summed E-state index contributed by atoms with van der Waals surface area (Å²) in [5.41, 5.74) is 1.68. The van der Waals surface area contributed by atoms with E-state index in [0.717, 1.165) is 16.9 Å². The van der Waals surface area contributed by atoms with Crippen LogP contribution in [-0.2, 0) is 42.9 Å². The summed E-state index contributed by atoms with van der Waals surface area (Å²) in [4.78, 5) is 59.1. The number of carbonyl (C=O) groups excluding carboxylic acids is 4. The van der Waals surface area contributed by atoms with E-state index in [4.69, 9.17) is 27.8 Å². The van der Waals surface area contributed by atoms with Crippen molar-refractivity contribution in [1.29, 1.82) is 0 Å². The largest absolute Gasteiger partial charge is 0.460 e. The SMILES string of the molecule is [2H]C([2H])([2H])[C@@H]1/C=C(\C)[C@@H](O)[C@@H](OC)C(=C)[C@H](C)C[C@H](C)/C=C/C=C/C=C(\C)[C@@H](OC)C[C@@H]2CC[C@@H](C)[C@@](O)(O2)C(=O)C(=O)N2CCCC[C@H]2C(=O)O[C@H]([C@H](C)C[C@@H]2CC[C@H](n3cnnn3)[C@H](OC)C2)CC1=O. The highest BCUT2D eigenvalue weighted by Gasteiger charge is 2.53. The summed E-state index contributed by atoms with van der Waals surface area (Å²) < 4.78 is 57.4. The summed E-state index contributed by atoms with van der Waals surface area (Å²) in [5.74, 6) is -9.27. The van der Waals surface area contributed by atoms with Crippen LogP contribution in [0.15, 0.2) is 66.1 Å². The quantitative estimate of drug-likeness (QED) is 0.160. The first kappa shape index (κ1) is 51.2. The molecule has 0 unspecified atom stereocenters. The molecule has 1 aromatic heterocycles.